The van der Waals surface area contributed by atoms with E-state index in [0.717, 1.165) is 11.0 Å². The molecule has 0 radical (unpaired) electrons. The monoisotopic (exact) mass is 329 g/mol. The fourth-order valence-electron chi connectivity index (χ4n) is 1.52. The van der Waals surface area contributed by atoms with Crippen LogP contribution >= 0.6 is 15.9 Å². The van der Waals surface area contributed by atoms with Gasteiger partial charge in [0.15, 0.2) is 0 Å². The van der Waals surface area contributed by atoms with Gasteiger partial charge in [0.1, 0.15) is 0 Å². The summed E-state index contributed by atoms with van der Waals surface area (Å²) < 4.78 is 0.719. The summed E-state index contributed by atoms with van der Waals surface area (Å²) in [6, 6.07) is 5.13. The molecule has 0 aliphatic rings. The Balaban J connectivity index is 2.71. The molecule has 1 aromatic rings. The Morgan fingerprint density at radius 2 is 2.05 bits per heavy atom. The van der Waals surface area contributed by atoms with E-state index in [9.17, 15) is 10.1 Å². The Bertz CT molecular complexity index is 461. The van der Waals surface area contributed by atoms with E-state index in [0.29, 0.717) is 12.1 Å². The third-order valence-corrected chi connectivity index (χ3v) is 3.82. The maximum Gasteiger partial charge on any atom is 0.275 e. The van der Waals surface area contributed by atoms with E-state index in [2.05, 4.69) is 40.0 Å². The summed E-state index contributed by atoms with van der Waals surface area (Å²) in [5.41, 5.74) is 0.844. The topological polar surface area (TPSA) is 58.4 Å². The molecule has 0 amide bonds. The predicted octanol–water partition coefficient (Wildman–Crippen LogP) is 2.79. The molecule has 0 atom stereocenters. The van der Waals surface area contributed by atoms with Crippen LogP contribution in [-0.2, 0) is 6.54 Å². The predicted molar refractivity (Wildman–Crippen MR) is 80.3 cm³/mol. The van der Waals surface area contributed by atoms with Gasteiger partial charge in [-0.1, -0.05) is 15.9 Å². The first-order valence-electron chi connectivity index (χ1n) is 6.05. The highest BCUT2D eigenvalue weighted by molar-refractivity contribution is 9.10. The second-order valence-corrected chi connectivity index (χ2v) is 6.26. The largest absolute Gasteiger partial charge is 0.311 e. The minimum Gasteiger partial charge on any atom is -0.311 e. The van der Waals surface area contributed by atoms with Crippen molar-refractivity contribution in [3.63, 3.8) is 0 Å². The molecule has 0 saturated carbocycles. The van der Waals surface area contributed by atoms with E-state index in [4.69, 9.17) is 0 Å². The van der Waals surface area contributed by atoms with Crippen LogP contribution < -0.4 is 5.32 Å². The molecule has 0 aliphatic carbocycles. The SMILES string of the molecule is CN(C)C(C)(C)CNCc1ccc(Br)cc1[N+](=O)[O-]. The van der Waals surface area contributed by atoms with Crippen LogP contribution in [0.25, 0.3) is 0 Å². The molecule has 0 bridgehead atoms. The smallest absolute Gasteiger partial charge is 0.275 e. The van der Waals surface area contributed by atoms with Crippen LogP contribution in [0, 0.1) is 10.1 Å². The zero-order valence-electron chi connectivity index (χ0n) is 11.7. The van der Waals surface area contributed by atoms with Gasteiger partial charge >= 0.3 is 0 Å². The number of likely N-dealkylation sites (N-methyl/N-ethyl adjacent to an activating group) is 1. The van der Waals surface area contributed by atoms with Gasteiger partial charge < -0.3 is 10.2 Å². The van der Waals surface area contributed by atoms with Crippen molar-refractivity contribution in [1.29, 1.82) is 0 Å². The molecule has 6 heteroatoms. The zero-order chi connectivity index (χ0) is 14.6. The van der Waals surface area contributed by atoms with Crippen LogP contribution in [-0.4, -0.2) is 36.0 Å². The van der Waals surface area contributed by atoms with E-state index in [-0.39, 0.29) is 16.1 Å². The lowest BCUT2D eigenvalue weighted by molar-refractivity contribution is -0.385. The molecule has 19 heavy (non-hydrogen) atoms. The number of rotatable bonds is 6. The van der Waals surface area contributed by atoms with Gasteiger partial charge in [0.2, 0.25) is 0 Å². The van der Waals surface area contributed by atoms with Gasteiger partial charge in [-0.3, -0.25) is 10.1 Å². The fourth-order valence-corrected chi connectivity index (χ4v) is 1.87. The summed E-state index contributed by atoms with van der Waals surface area (Å²) in [7, 11) is 4.04. The highest BCUT2D eigenvalue weighted by atomic mass is 79.9. The summed E-state index contributed by atoms with van der Waals surface area (Å²) in [5, 5.41) is 14.3. The molecule has 0 saturated heterocycles. The Morgan fingerprint density at radius 1 is 1.42 bits per heavy atom. The molecule has 0 aromatic heterocycles. The molecule has 1 rings (SSSR count). The molecular weight excluding hydrogens is 310 g/mol. The van der Waals surface area contributed by atoms with Gasteiger partial charge in [-0.15, -0.1) is 0 Å². The van der Waals surface area contributed by atoms with Crippen LogP contribution in [0.2, 0.25) is 0 Å². The van der Waals surface area contributed by atoms with E-state index in [1.807, 2.05) is 20.2 Å². The van der Waals surface area contributed by atoms with Gasteiger partial charge in [0.25, 0.3) is 5.69 Å². The minimum absolute atomic E-state index is 0.00411. The number of hydrogen-bond donors (Lipinski definition) is 1. The molecule has 1 N–H and O–H groups in total. The van der Waals surface area contributed by atoms with Crippen LogP contribution in [0.5, 0.6) is 0 Å². The fraction of sp³-hybridized carbons (Fsp3) is 0.538. The Morgan fingerprint density at radius 3 is 2.58 bits per heavy atom. The molecule has 0 heterocycles. The van der Waals surface area contributed by atoms with Gasteiger partial charge in [0, 0.05) is 34.7 Å². The first kappa shape index (κ1) is 16.1. The Hall–Kier alpha value is -0.980. The van der Waals surface area contributed by atoms with Crippen molar-refractivity contribution in [2.45, 2.75) is 25.9 Å². The summed E-state index contributed by atoms with van der Waals surface area (Å²) >= 11 is 3.25. The van der Waals surface area contributed by atoms with Gasteiger partial charge in [0.05, 0.1) is 4.92 Å². The molecule has 0 fully saturated rings. The normalized spacial score (nSPS) is 11.9. The van der Waals surface area contributed by atoms with Crippen molar-refractivity contribution >= 4 is 21.6 Å². The number of nitro benzene ring substituents is 1. The van der Waals surface area contributed by atoms with Crippen molar-refractivity contribution in [3.05, 3.63) is 38.3 Å². The van der Waals surface area contributed by atoms with Crippen LogP contribution in [0.4, 0.5) is 5.69 Å². The number of hydrogen-bond acceptors (Lipinski definition) is 4. The number of benzene rings is 1. The van der Waals surface area contributed by atoms with E-state index in [1.165, 1.54) is 6.07 Å². The highest BCUT2D eigenvalue weighted by Crippen LogP contribution is 2.23. The minimum atomic E-state index is -0.348. The molecule has 5 nitrogen and oxygen atoms in total. The molecular formula is C13H20BrN3O2. The molecule has 1 aromatic carbocycles. The number of nitrogens with one attached hydrogen (secondary N) is 1. The third-order valence-electron chi connectivity index (χ3n) is 3.33. The van der Waals surface area contributed by atoms with Crippen LogP contribution in [0.1, 0.15) is 19.4 Å². The number of halogens is 1. The first-order valence-corrected chi connectivity index (χ1v) is 6.84. The van der Waals surface area contributed by atoms with Crippen LogP contribution in [0.15, 0.2) is 22.7 Å². The lowest BCUT2D eigenvalue weighted by Crippen LogP contribution is -2.46. The first-order chi connectivity index (χ1) is 8.74. The zero-order valence-corrected chi connectivity index (χ0v) is 13.3. The third kappa shape index (κ3) is 4.56. The number of nitro groups is 1. The van der Waals surface area contributed by atoms with Gasteiger partial charge in [-0.2, -0.15) is 0 Å². The van der Waals surface area contributed by atoms with E-state index in [1.54, 1.807) is 6.07 Å². The van der Waals surface area contributed by atoms with Crippen molar-refractivity contribution < 1.29 is 4.92 Å². The lowest BCUT2D eigenvalue weighted by Gasteiger charge is -2.32. The summed E-state index contributed by atoms with van der Waals surface area (Å²) in [6.07, 6.45) is 0. The second-order valence-electron chi connectivity index (χ2n) is 5.34. The highest BCUT2D eigenvalue weighted by Gasteiger charge is 2.20. The van der Waals surface area contributed by atoms with Crippen LogP contribution in [0.3, 0.4) is 0 Å². The van der Waals surface area contributed by atoms with E-state index < -0.39 is 0 Å². The quantitative estimate of drug-likeness (QED) is 0.644. The van der Waals surface area contributed by atoms with Crippen molar-refractivity contribution in [1.82, 2.24) is 10.2 Å². The van der Waals surface area contributed by atoms with Gasteiger partial charge in [-0.25, -0.2) is 0 Å². The van der Waals surface area contributed by atoms with Crippen molar-refractivity contribution in [2.75, 3.05) is 20.6 Å². The maximum absolute atomic E-state index is 11.0. The molecule has 106 valence electrons. The maximum atomic E-state index is 11.0. The molecule has 0 spiro atoms. The molecule has 0 aliphatic heterocycles. The average molecular weight is 330 g/mol. The van der Waals surface area contributed by atoms with Crippen molar-refractivity contribution in [2.24, 2.45) is 0 Å². The summed E-state index contributed by atoms with van der Waals surface area (Å²) in [4.78, 5) is 12.8. The van der Waals surface area contributed by atoms with Crippen molar-refractivity contribution in [3.8, 4) is 0 Å². The standard InChI is InChI=1S/C13H20BrN3O2/c1-13(2,16(3)4)9-15-8-10-5-6-11(14)7-12(10)17(18)19/h5-7,15H,8-9H2,1-4H3. The summed E-state index contributed by atoms with van der Waals surface area (Å²) in [5.74, 6) is 0. The molecule has 0 unspecified atom stereocenters. The van der Waals surface area contributed by atoms with Gasteiger partial charge in [-0.05, 0) is 40.1 Å². The van der Waals surface area contributed by atoms with E-state index >= 15 is 0 Å². The average Bonchev–Trinajstić information content (AvgIpc) is 2.30. The number of nitrogens with zero attached hydrogens (tertiary/aromatic N) is 2. The second kappa shape index (κ2) is 6.45. The Kier molecular flexibility index (Phi) is 5.46. The Labute approximate surface area is 122 Å². The summed E-state index contributed by atoms with van der Waals surface area (Å²) in [6.45, 7) is 5.49. The lowest BCUT2D eigenvalue weighted by atomic mass is 10.0.